The van der Waals surface area contributed by atoms with Crippen LogP contribution < -0.4 is 11.1 Å². The van der Waals surface area contributed by atoms with E-state index >= 15 is 0 Å². The fourth-order valence-corrected chi connectivity index (χ4v) is 1.58. The van der Waals surface area contributed by atoms with Crippen LogP contribution in [0.2, 0.25) is 0 Å². The number of nitrogens with one attached hydrogen (secondary N) is 1. The third kappa shape index (κ3) is 2.91. The van der Waals surface area contributed by atoms with E-state index in [-0.39, 0.29) is 0 Å². The Bertz CT molecular complexity index is 294. The minimum atomic E-state index is 0.720. The minimum absolute atomic E-state index is 0.720. The Kier molecular flexibility index (Phi) is 2.87. The van der Waals surface area contributed by atoms with Crippen LogP contribution in [0.15, 0.2) is 18.5 Å². The lowest BCUT2D eigenvalue weighted by Gasteiger charge is -2.05. The van der Waals surface area contributed by atoms with E-state index in [4.69, 9.17) is 5.73 Å². The number of rotatable bonds is 5. The quantitative estimate of drug-likeness (QED) is 0.702. The van der Waals surface area contributed by atoms with Crippen molar-refractivity contribution in [2.24, 2.45) is 5.92 Å². The highest BCUT2D eigenvalue weighted by atomic mass is 14.9. The molecule has 0 atom stereocenters. The van der Waals surface area contributed by atoms with Crippen LogP contribution in [-0.2, 0) is 0 Å². The SMILES string of the molecule is Nc1cncc(NCCCC2CC2)c1. The van der Waals surface area contributed by atoms with Gasteiger partial charge >= 0.3 is 0 Å². The van der Waals surface area contributed by atoms with Gasteiger partial charge in [0.05, 0.1) is 17.6 Å². The summed E-state index contributed by atoms with van der Waals surface area (Å²) >= 11 is 0. The van der Waals surface area contributed by atoms with Crippen molar-refractivity contribution < 1.29 is 0 Å². The Morgan fingerprint density at radius 3 is 3.00 bits per heavy atom. The average Bonchev–Trinajstić information content (AvgIpc) is 2.96. The van der Waals surface area contributed by atoms with Crippen molar-refractivity contribution in [1.29, 1.82) is 0 Å². The fraction of sp³-hybridized carbons (Fsp3) is 0.545. The van der Waals surface area contributed by atoms with Crippen LogP contribution in [0, 0.1) is 5.92 Å². The predicted molar refractivity (Wildman–Crippen MR) is 59.1 cm³/mol. The predicted octanol–water partition coefficient (Wildman–Crippen LogP) is 2.27. The first-order chi connectivity index (χ1) is 6.84. The molecular weight excluding hydrogens is 174 g/mol. The van der Waals surface area contributed by atoms with Crippen LogP contribution in [0.4, 0.5) is 11.4 Å². The van der Waals surface area contributed by atoms with E-state index in [0.717, 1.165) is 23.8 Å². The summed E-state index contributed by atoms with van der Waals surface area (Å²) in [5.41, 5.74) is 7.37. The van der Waals surface area contributed by atoms with Crippen LogP contribution in [0.5, 0.6) is 0 Å². The summed E-state index contributed by atoms with van der Waals surface area (Å²) in [6.45, 7) is 1.03. The number of hydrogen-bond acceptors (Lipinski definition) is 3. The first-order valence-corrected chi connectivity index (χ1v) is 5.29. The third-order valence-corrected chi connectivity index (χ3v) is 2.57. The largest absolute Gasteiger partial charge is 0.397 e. The molecule has 1 aromatic heterocycles. The van der Waals surface area contributed by atoms with E-state index in [1.54, 1.807) is 6.20 Å². The normalized spacial score (nSPS) is 15.4. The molecule has 3 heteroatoms. The van der Waals surface area contributed by atoms with Gasteiger partial charge in [-0.1, -0.05) is 12.8 Å². The molecule has 1 fully saturated rings. The molecule has 0 amide bonds. The summed E-state index contributed by atoms with van der Waals surface area (Å²) < 4.78 is 0. The number of nitrogen functional groups attached to an aromatic ring is 1. The zero-order valence-corrected chi connectivity index (χ0v) is 8.37. The molecule has 14 heavy (non-hydrogen) atoms. The smallest absolute Gasteiger partial charge is 0.0547 e. The van der Waals surface area contributed by atoms with Gasteiger partial charge in [-0.25, -0.2) is 0 Å². The molecule has 1 heterocycles. The van der Waals surface area contributed by atoms with Gasteiger partial charge < -0.3 is 11.1 Å². The van der Waals surface area contributed by atoms with Crippen molar-refractivity contribution in [1.82, 2.24) is 4.98 Å². The highest BCUT2D eigenvalue weighted by Crippen LogP contribution is 2.33. The molecule has 1 aliphatic rings. The first kappa shape index (κ1) is 9.31. The molecule has 3 N–H and O–H groups in total. The van der Waals surface area contributed by atoms with Gasteiger partial charge in [-0.3, -0.25) is 4.98 Å². The molecule has 2 rings (SSSR count). The zero-order chi connectivity index (χ0) is 9.80. The van der Waals surface area contributed by atoms with Crippen molar-refractivity contribution in [2.45, 2.75) is 25.7 Å². The van der Waals surface area contributed by atoms with E-state index in [2.05, 4.69) is 10.3 Å². The Hall–Kier alpha value is -1.25. The highest BCUT2D eigenvalue weighted by molar-refractivity contribution is 5.51. The Morgan fingerprint density at radius 2 is 2.29 bits per heavy atom. The van der Waals surface area contributed by atoms with Crippen LogP contribution in [0.25, 0.3) is 0 Å². The molecule has 0 bridgehead atoms. The van der Waals surface area contributed by atoms with Gasteiger partial charge in [0.1, 0.15) is 0 Å². The standard InChI is InChI=1S/C11H17N3/c12-10-6-11(8-13-7-10)14-5-1-2-9-3-4-9/h6-9,14H,1-5,12H2. The lowest BCUT2D eigenvalue weighted by molar-refractivity contribution is 0.687. The average molecular weight is 191 g/mol. The molecule has 0 spiro atoms. The van der Waals surface area contributed by atoms with E-state index in [0.29, 0.717) is 0 Å². The van der Waals surface area contributed by atoms with E-state index in [1.807, 2.05) is 12.3 Å². The Morgan fingerprint density at radius 1 is 1.43 bits per heavy atom. The number of aromatic nitrogens is 1. The molecule has 0 unspecified atom stereocenters. The molecule has 3 nitrogen and oxygen atoms in total. The number of pyridine rings is 1. The van der Waals surface area contributed by atoms with Gasteiger partial charge in [0, 0.05) is 12.7 Å². The summed E-state index contributed by atoms with van der Waals surface area (Å²) in [4.78, 5) is 4.02. The number of nitrogens with two attached hydrogens (primary N) is 1. The van der Waals surface area contributed by atoms with E-state index < -0.39 is 0 Å². The van der Waals surface area contributed by atoms with Gasteiger partial charge in [-0.15, -0.1) is 0 Å². The summed E-state index contributed by atoms with van der Waals surface area (Å²) in [6, 6.07) is 1.92. The van der Waals surface area contributed by atoms with Gasteiger partial charge in [0.2, 0.25) is 0 Å². The maximum atomic E-state index is 5.62. The van der Waals surface area contributed by atoms with Crippen molar-refractivity contribution in [3.8, 4) is 0 Å². The third-order valence-electron chi connectivity index (χ3n) is 2.57. The second-order valence-electron chi connectivity index (χ2n) is 4.02. The second kappa shape index (κ2) is 4.31. The van der Waals surface area contributed by atoms with Gasteiger partial charge in [-0.2, -0.15) is 0 Å². The second-order valence-corrected chi connectivity index (χ2v) is 4.02. The molecule has 0 saturated heterocycles. The number of nitrogens with zero attached hydrogens (tertiary/aromatic N) is 1. The lowest BCUT2D eigenvalue weighted by atomic mass is 10.2. The number of hydrogen-bond donors (Lipinski definition) is 2. The summed E-state index contributed by atoms with van der Waals surface area (Å²) in [5.74, 6) is 1.02. The van der Waals surface area contributed by atoms with Gasteiger partial charge in [-0.05, 0) is 24.8 Å². The van der Waals surface area contributed by atoms with Crippen molar-refractivity contribution in [3.63, 3.8) is 0 Å². The van der Waals surface area contributed by atoms with Gasteiger partial charge in [0.15, 0.2) is 0 Å². The molecule has 1 aromatic rings. The fourth-order valence-electron chi connectivity index (χ4n) is 1.58. The van der Waals surface area contributed by atoms with Crippen LogP contribution >= 0.6 is 0 Å². The lowest BCUT2D eigenvalue weighted by Crippen LogP contribution is -2.02. The molecule has 0 aromatic carbocycles. The van der Waals surface area contributed by atoms with Crippen LogP contribution in [-0.4, -0.2) is 11.5 Å². The molecule has 1 saturated carbocycles. The maximum Gasteiger partial charge on any atom is 0.0547 e. The Labute approximate surface area is 84.7 Å². The summed E-state index contributed by atoms with van der Waals surface area (Å²) in [5, 5.41) is 3.33. The van der Waals surface area contributed by atoms with Crippen molar-refractivity contribution in [3.05, 3.63) is 18.5 Å². The molecule has 0 aliphatic heterocycles. The molecule has 76 valence electrons. The van der Waals surface area contributed by atoms with Crippen LogP contribution in [0.1, 0.15) is 25.7 Å². The summed E-state index contributed by atoms with van der Waals surface area (Å²) in [7, 11) is 0. The van der Waals surface area contributed by atoms with Gasteiger partial charge in [0.25, 0.3) is 0 Å². The minimum Gasteiger partial charge on any atom is -0.397 e. The molecular formula is C11H17N3. The summed E-state index contributed by atoms with van der Waals surface area (Å²) in [6.07, 6.45) is 8.98. The van der Waals surface area contributed by atoms with Crippen molar-refractivity contribution in [2.75, 3.05) is 17.6 Å². The van der Waals surface area contributed by atoms with E-state index in [9.17, 15) is 0 Å². The Balaban J connectivity index is 1.68. The highest BCUT2D eigenvalue weighted by Gasteiger charge is 2.19. The maximum absolute atomic E-state index is 5.62. The van der Waals surface area contributed by atoms with Crippen LogP contribution in [0.3, 0.4) is 0 Å². The number of anilines is 2. The first-order valence-electron chi connectivity index (χ1n) is 5.29. The molecule has 1 aliphatic carbocycles. The molecule has 0 radical (unpaired) electrons. The zero-order valence-electron chi connectivity index (χ0n) is 8.37. The van der Waals surface area contributed by atoms with E-state index in [1.165, 1.54) is 25.7 Å². The topological polar surface area (TPSA) is 50.9 Å². The van der Waals surface area contributed by atoms with Crippen molar-refractivity contribution >= 4 is 11.4 Å². The monoisotopic (exact) mass is 191 g/mol.